The van der Waals surface area contributed by atoms with Crippen molar-refractivity contribution in [3.8, 4) is 0 Å². The van der Waals surface area contributed by atoms with Gasteiger partial charge in [-0.3, -0.25) is 4.79 Å². The van der Waals surface area contributed by atoms with E-state index in [0.717, 1.165) is 19.3 Å². The molecule has 1 saturated heterocycles. The van der Waals surface area contributed by atoms with E-state index in [-0.39, 0.29) is 5.91 Å². The van der Waals surface area contributed by atoms with Gasteiger partial charge in [0.05, 0.1) is 0 Å². The van der Waals surface area contributed by atoms with Crippen molar-refractivity contribution in [2.45, 2.75) is 31.3 Å². The molecular formula is C13H17NO2. The molecule has 2 N–H and O–H groups in total. The second-order valence-electron chi connectivity index (χ2n) is 4.29. The van der Waals surface area contributed by atoms with Gasteiger partial charge >= 0.3 is 0 Å². The van der Waals surface area contributed by atoms with Crippen LogP contribution in [0.15, 0.2) is 30.3 Å². The minimum absolute atomic E-state index is 0.265. The summed E-state index contributed by atoms with van der Waals surface area (Å²) in [6.45, 7) is 0.661. The van der Waals surface area contributed by atoms with E-state index in [0.29, 0.717) is 18.5 Å². The Morgan fingerprint density at radius 2 is 1.88 bits per heavy atom. The molecule has 1 atom stereocenters. The fourth-order valence-electron chi connectivity index (χ4n) is 2.13. The Hall–Kier alpha value is -1.35. The second-order valence-corrected chi connectivity index (χ2v) is 4.29. The van der Waals surface area contributed by atoms with Crippen LogP contribution in [0.5, 0.6) is 0 Å². The first kappa shape index (κ1) is 11.1. The standard InChI is InChI=1S/C13H17NO2/c15-12-13(16,9-5-2-6-10-14-12)11-7-3-1-4-8-11/h1,3-4,7-8,16H,2,5-6,9-10H2,(H,14,15). The molecule has 1 heterocycles. The summed E-state index contributed by atoms with van der Waals surface area (Å²) in [5.41, 5.74) is -0.656. The van der Waals surface area contributed by atoms with Crippen LogP contribution >= 0.6 is 0 Å². The van der Waals surface area contributed by atoms with Gasteiger partial charge in [-0.15, -0.1) is 0 Å². The monoisotopic (exact) mass is 219 g/mol. The fourth-order valence-corrected chi connectivity index (χ4v) is 2.13. The van der Waals surface area contributed by atoms with E-state index >= 15 is 0 Å². The summed E-state index contributed by atoms with van der Waals surface area (Å²) in [6.07, 6.45) is 3.44. The zero-order chi connectivity index (χ0) is 11.4. The smallest absolute Gasteiger partial charge is 0.256 e. The molecule has 86 valence electrons. The summed E-state index contributed by atoms with van der Waals surface area (Å²) in [6, 6.07) is 9.19. The summed E-state index contributed by atoms with van der Waals surface area (Å²) in [5.74, 6) is -0.265. The molecular weight excluding hydrogens is 202 g/mol. The van der Waals surface area contributed by atoms with Crippen LogP contribution in [-0.2, 0) is 10.4 Å². The van der Waals surface area contributed by atoms with Gasteiger partial charge in [0.15, 0.2) is 5.60 Å². The summed E-state index contributed by atoms with van der Waals surface area (Å²) >= 11 is 0. The maximum Gasteiger partial charge on any atom is 0.256 e. The molecule has 0 aliphatic carbocycles. The zero-order valence-corrected chi connectivity index (χ0v) is 9.28. The van der Waals surface area contributed by atoms with Crippen molar-refractivity contribution >= 4 is 5.91 Å². The number of benzene rings is 1. The Labute approximate surface area is 95.5 Å². The van der Waals surface area contributed by atoms with Crippen LogP contribution in [0.1, 0.15) is 31.2 Å². The Morgan fingerprint density at radius 1 is 1.12 bits per heavy atom. The highest BCUT2D eigenvalue weighted by Gasteiger charge is 2.37. The van der Waals surface area contributed by atoms with E-state index < -0.39 is 5.60 Å². The molecule has 0 spiro atoms. The average molecular weight is 219 g/mol. The van der Waals surface area contributed by atoms with Crippen molar-refractivity contribution in [3.05, 3.63) is 35.9 Å². The number of nitrogens with one attached hydrogen (secondary N) is 1. The molecule has 0 radical (unpaired) electrons. The van der Waals surface area contributed by atoms with Crippen molar-refractivity contribution in [1.82, 2.24) is 5.32 Å². The molecule has 1 fully saturated rings. The third-order valence-electron chi connectivity index (χ3n) is 3.13. The normalized spacial score (nSPS) is 26.7. The molecule has 1 aliphatic heterocycles. The molecule has 0 saturated carbocycles. The van der Waals surface area contributed by atoms with Gasteiger partial charge in [0.1, 0.15) is 0 Å². The predicted molar refractivity (Wildman–Crippen MR) is 61.8 cm³/mol. The fraction of sp³-hybridized carbons (Fsp3) is 0.462. The third kappa shape index (κ3) is 2.09. The van der Waals surface area contributed by atoms with Crippen LogP contribution in [-0.4, -0.2) is 17.6 Å². The first-order valence-electron chi connectivity index (χ1n) is 5.80. The van der Waals surface area contributed by atoms with E-state index in [1.165, 1.54) is 0 Å². The quantitative estimate of drug-likeness (QED) is 0.753. The molecule has 0 aromatic heterocycles. The molecule has 1 aliphatic rings. The molecule has 1 amide bonds. The predicted octanol–water partition coefficient (Wildman–Crippen LogP) is 1.56. The third-order valence-corrected chi connectivity index (χ3v) is 3.13. The van der Waals surface area contributed by atoms with Crippen LogP contribution in [0.4, 0.5) is 0 Å². The first-order valence-corrected chi connectivity index (χ1v) is 5.80. The van der Waals surface area contributed by atoms with Gasteiger partial charge in [0.2, 0.25) is 0 Å². The molecule has 16 heavy (non-hydrogen) atoms. The van der Waals surface area contributed by atoms with Crippen molar-refractivity contribution in [2.75, 3.05) is 6.54 Å². The molecule has 3 heteroatoms. The number of rotatable bonds is 1. The number of hydrogen-bond donors (Lipinski definition) is 2. The van der Waals surface area contributed by atoms with E-state index in [1.54, 1.807) is 12.1 Å². The lowest BCUT2D eigenvalue weighted by atomic mass is 9.86. The zero-order valence-electron chi connectivity index (χ0n) is 9.28. The summed E-state index contributed by atoms with van der Waals surface area (Å²) < 4.78 is 0. The van der Waals surface area contributed by atoms with Crippen LogP contribution in [0, 0.1) is 0 Å². The number of amides is 1. The number of aliphatic hydroxyl groups is 1. The number of carbonyl (C=O) groups is 1. The van der Waals surface area contributed by atoms with Crippen LogP contribution in [0.3, 0.4) is 0 Å². The Bertz CT molecular complexity index is 363. The minimum atomic E-state index is -1.35. The van der Waals surface area contributed by atoms with E-state index in [2.05, 4.69) is 5.32 Å². The van der Waals surface area contributed by atoms with Gasteiger partial charge in [-0.2, -0.15) is 0 Å². The van der Waals surface area contributed by atoms with Crippen LogP contribution in [0.2, 0.25) is 0 Å². The minimum Gasteiger partial charge on any atom is -0.375 e. The Balaban J connectivity index is 2.29. The maximum absolute atomic E-state index is 11.9. The van der Waals surface area contributed by atoms with Crippen molar-refractivity contribution < 1.29 is 9.90 Å². The SMILES string of the molecule is O=C1NCCCCCC1(O)c1ccccc1. The van der Waals surface area contributed by atoms with Crippen molar-refractivity contribution in [1.29, 1.82) is 0 Å². The highest BCUT2D eigenvalue weighted by atomic mass is 16.3. The van der Waals surface area contributed by atoms with Gasteiger partial charge < -0.3 is 10.4 Å². The lowest BCUT2D eigenvalue weighted by molar-refractivity contribution is -0.142. The number of carbonyl (C=O) groups excluding carboxylic acids is 1. The van der Waals surface area contributed by atoms with Gasteiger partial charge in [0.25, 0.3) is 5.91 Å². The van der Waals surface area contributed by atoms with Gasteiger partial charge in [-0.1, -0.05) is 36.8 Å². The lowest BCUT2D eigenvalue weighted by Gasteiger charge is -2.29. The summed E-state index contributed by atoms with van der Waals surface area (Å²) in [5, 5.41) is 13.3. The summed E-state index contributed by atoms with van der Waals surface area (Å²) in [7, 11) is 0. The van der Waals surface area contributed by atoms with Gasteiger partial charge in [0, 0.05) is 6.54 Å². The lowest BCUT2D eigenvalue weighted by Crippen LogP contribution is -2.45. The second kappa shape index (κ2) is 4.66. The number of hydrogen-bond acceptors (Lipinski definition) is 2. The molecule has 3 nitrogen and oxygen atoms in total. The van der Waals surface area contributed by atoms with E-state index in [9.17, 15) is 9.90 Å². The van der Waals surface area contributed by atoms with Crippen LogP contribution < -0.4 is 5.32 Å². The molecule has 2 rings (SSSR count). The van der Waals surface area contributed by atoms with E-state index in [4.69, 9.17) is 0 Å². The van der Waals surface area contributed by atoms with Crippen LogP contribution in [0.25, 0.3) is 0 Å². The first-order chi connectivity index (χ1) is 7.73. The van der Waals surface area contributed by atoms with Crippen molar-refractivity contribution in [2.24, 2.45) is 0 Å². The molecule has 1 aromatic rings. The summed E-state index contributed by atoms with van der Waals surface area (Å²) in [4.78, 5) is 11.9. The average Bonchev–Trinajstić information content (AvgIpc) is 2.32. The largest absolute Gasteiger partial charge is 0.375 e. The highest BCUT2D eigenvalue weighted by Crippen LogP contribution is 2.28. The highest BCUT2D eigenvalue weighted by molar-refractivity contribution is 5.86. The Morgan fingerprint density at radius 3 is 2.62 bits per heavy atom. The maximum atomic E-state index is 11.9. The topological polar surface area (TPSA) is 49.3 Å². The Kier molecular flexibility index (Phi) is 3.25. The van der Waals surface area contributed by atoms with Gasteiger partial charge in [-0.05, 0) is 24.8 Å². The molecule has 1 unspecified atom stereocenters. The molecule has 0 bridgehead atoms. The molecule has 1 aromatic carbocycles. The van der Waals surface area contributed by atoms with Crippen molar-refractivity contribution in [3.63, 3.8) is 0 Å². The van der Waals surface area contributed by atoms with E-state index in [1.807, 2.05) is 18.2 Å². The van der Waals surface area contributed by atoms with Gasteiger partial charge in [-0.25, -0.2) is 0 Å².